The minimum Gasteiger partial charge on any atom is -0.319 e. The molecule has 0 aliphatic heterocycles. The zero-order chi connectivity index (χ0) is 12.5. The van der Waals surface area contributed by atoms with Crippen LogP contribution >= 0.6 is 27.7 Å². The van der Waals surface area contributed by atoms with E-state index in [0.29, 0.717) is 0 Å². The molecule has 1 atom stereocenters. The lowest BCUT2D eigenvalue weighted by molar-refractivity contribution is 0.457. The lowest BCUT2D eigenvalue weighted by Crippen LogP contribution is -2.21. The highest BCUT2D eigenvalue weighted by molar-refractivity contribution is 9.10. The molecule has 0 aliphatic carbocycles. The van der Waals surface area contributed by atoms with Crippen molar-refractivity contribution in [1.29, 1.82) is 0 Å². The van der Waals surface area contributed by atoms with Gasteiger partial charge in [0.15, 0.2) is 0 Å². The number of halogens is 1. The van der Waals surface area contributed by atoms with Gasteiger partial charge in [0.25, 0.3) is 0 Å². The summed E-state index contributed by atoms with van der Waals surface area (Å²) in [5.41, 5.74) is 1.43. The first-order valence-corrected chi connectivity index (χ1v) is 8.33. The van der Waals surface area contributed by atoms with Crippen LogP contribution in [0.5, 0.6) is 0 Å². The smallest absolute Gasteiger partial charge is 0.0177 e. The topological polar surface area (TPSA) is 12.0 Å². The molecule has 0 saturated heterocycles. The molecule has 96 valence electrons. The quantitative estimate of drug-likeness (QED) is 0.728. The number of hydrogen-bond donors (Lipinski definition) is 1. The first-order chi connectivity index (χ1) is 8.26. The van der Waals surface area contributed by atoms with E-state index in [1.165, 1.54) is 35.1 Å². The van der Waals surface area contributed by atoms with Crippen molar-refractivity contribution in [3.63, 3.8) is 0 Å². The van der Waals surface area contributed by atoms with Gasteiger partial charge < -0.3 is 5.32 Å². The van der Waals surface area contributed by atoms with Crippen molar-refractivity contribution >= 4 is 27.7 Å². The van der Waals surface area contributed by atoms with E-state index >= 15 is 0 Å². The molecule has 0 radical (unpaired) electrons. The summed E-state index contributed by atoms with van der Waals surface area (Å²) in [6.45, 7) is 1.11. The molecule has 0 fully saturated rings. The second-order valence-corrected chi connectivity index (χ2v) is 6.29. The van der Waals surface area contributed by atoms with Gasteiger partial charge in [-0.2, -0.15) is 11.8 Å². The number of nitrogens with one attached hydrogen (secondary N) is 1. The van der Waals surface area contributed by atoms with Crippen LogP contribution in [0.25, 0.3) is 0 Å². The van der Waals surface area contributed by atoms with E-state index in [2.05, 4.69) is 51.8 Å². The fraction of sp³-hybridized carbons (Fsp3) is 0.571. The Labute approximate surface area is 118 Å². The Morgan fingerprint density at radius 3 is 2.88 bits per heavy atom. The van der Waals surface area contributed by atoms with Gasteiger partial charge in [-0.15, -0.1) is 0 Å². The SMILES string of the molecule is CNCC(CCCSC)Cc1cccc(Br)c1. The van der Waals surface area contributed by atoms with E-state index in [0.717, 1.165) is 12.5 Å². The van der Waals surface area contributed by atoms with Crippen LogP contribution in [-0.2, 0) is 6.42 Å². The molecule has 0 aromatic heterocycles. The summed E-state index contributed by atoms with van der Waals surface area (Å²) in [5.74, 6) is 2.03. The van der Waals surface area contributed by atoms with E-state index in [1.54, 1.807) is 0 Å². The molecule has 0 heterocycles. The highest BCUT2D eigenvalue weighted by Gasteiger charge is 2.08. The predicted molar refractivity (Wildman–Crippen MR) is 82.9 cm³/mol. The summed E-state index contributed by atoms with van der Waals surface area (Å²) < 4.78 is 1.18. The molecule has 0 amide bonds. The monoisotopic (exact) mass is 315 g/mol. The standard InChI is InChI=1S/C14H22BrNS/c1-16-11-13(6-4-8-17-2)9-12-5-3-7-14(15)10-12/h3,5,7,10,13,16H,4,6,8-9,11H2,1-2H3. The van der Waals surface area contributed by atoms with Gasteiger partial charge in [0, 0.05) is 4.47 Å². The molecule has 0 saturated carbocycles. The summed E-state index contributed by atoms with van der Waals surface area (Å²) in [6.07, 6.45) is 5.99. The van der Waals surface area contributed by atoms with E-state index < -0.39 is 0 Å². The van der Waals surface area contributed by atoms with Crippen molar-refractivity contribution in [2.24, 2.45) is 5.92 Å². The third-order valence-electron chi connectivity index (χ3n) is 2.87. The van der Waals surface area contributed by atoms with Crippen molar-refractivity contribution in [2.45, 2.75) is 19.3 Å². The molecule has 1 unspecified atom stereocenters. The second-order valence-electron chi connectivity index (χ2n) is 4.39. The molecule has 0 spiro atoms. The normalized spacial score (nSPS) is 12.6. The Balaban J connectivity index is 2.47. The van der Waals surface area contributed by atoms with E-state index in [1.807, 2.05) is 18.8 Å². The van der Waals surface area contributed by atoms with E-state index in [9.17, 15) is 0 Å². The largest absolute Gasteiger partial charge is 0.319 e. The molecule has 1 aromatic carbocycles. The molecule has 1 aromatic rings. The van der Waals surface area contributed by atoms with Gasteiger partial charge in [0.1, 0.15) is 0 Å². The first kappa shape index (κ1) is 15.1. The number of rotatable bonds is 8. The van der Waals surface area contributed by atoms with Crippen LogP contribution in [0.1, 0.15) is 18.4 Å². The third kappa shape index (κ3) is 6.49. The summed E-state index contributed by atoms with van der Waals surface area (Å²) in [6, 6.07) is 8.67. The second kappa shape index (κ2) is 9.01. The number of thioether (sulfide) groups is 1. The van der Waals surface area contributed by atoms with Crippen LogP contribution in [0.2, 0.25) is 0 Å². The van der Waals surface area contributed by atoms with Gasteiger partial charge in [-0.05, 0) is 68.5 Å². The molecule has 3 heteroatoms. The average Bonchev–Trinajstić information content (AvgIpc) is 2.29. The summed E-state index contributed by atoms with van der Waals surface area (Å²) in [5, 5.41) is 3.31. The van der Waals surface area contributed by atoms with Crippen molar-refractivity contribution in [1.82, 2.24) is 5.32 Å². The maximum absolute atomic E-state index is 3.54. The summed E-state index contributed by atoms with van der Waals surface area (Å²) >= 11 is 5.48. The highest BCUT2D eigenvalue weighted by Crippen LogP contribution is 2.18. The Kier molecular flexibility index (Phi) is 7.99. The highest BCUT2D eigenvalue weighted by atomic mass is 79.9. The predicted octanol–water partition coefficient (Wildman–Crippen LogP) is 3.97. The number of hydrogen-bond acceptors (Lipinski definition) is 2. The Morgan fingerprint density at radius 1 is 1.41 bits per heavy atom. The first-order valence-electron chi connectivity index (χ1n) is 6.14. The molecule has 0 bridgehead atoms. The molecule has 1 nitrogen and oxygen atoms in total. The van der Waals surface area contributed by atoms with Gasteiger partial charge in [-0.1, -0.05) is 28.1 Å². The van der Waals surface area contributed by atoms with Gasteiger partial charge in [-0.25, -0.2) is 0 Å². The maximum Gasteiger partial charge on any atom is 0.0177 e. The van der Waals surface area contributed by atoms with Gasteiger partial charge in [-0.3, -0.25) is 0 Å². The Hall–Kier alpha value is 0.01000. The minimum absolute atomic E-state index is 0.751. The minimum atomic E-state index is 0.751. The lowest BCUT2D eigenvalue weighted by Gasteiger charge is -2.16. The van der Waals surface area contributed by atoms with Crippen molar-refractivity contribution in [3.8, 4) is 0 Å². The van der Waals surface area contributed by atoms with Crippen molar-refractivity contribution in [2.75, 3.05) is 25.6 Å². The van der Waals surface area contributed by atoms with Crippen LogP contribution in [0.4, 0.5) is 0 Å². The Morgan fingerprint density at radius 2 is 2.24 bits per heavy atom. The zero-order valence-electron chi connectivity index (χ0n) is 10.7. The lowest BCUT2D eigenvalue weighted by atomic mass is 9.95. The van der Waals surface area contributed by atoms with Crippen LogP contribution < -0.4 is 5.32 Å². The van der Waals surface area contributed by atoms with E-state index in [-0.39, 0.29) is 0 Å². The van der Waals surface area contributed by atoms with Gasteiger partial charge in [0.2, 0.25) is 0 Å². The van der Waals surface area contributed by atoms with Crippen molar-refractivity contribution in [3.05, 3.63) is 34.3 Å². The Bertz CT molecular complexity index is 317. The fourth-order valence-electron chi connectivity index (χ4n) is 2.08. The van der Waals surface area contributed by atoms with Crippen LogP contribution in [0.15, 0.2) is 28.7 Å². The maximum atomic E-state index is 3.54. The van der Waals surface area contributed by atoms with Crippen LogP contribution in [0.3, 0.4) is 0 Å². The van der Waals surface area contributed by atoms with Gasteiger partial charge in [0.05, 0.1) is 0 Å². The zero-order valence-corrected chi connectivity index (χ0v) is 13.1. The molecule has 0 aliphatic rings. The van der Waals surface area contributed by atoms with E-state index in [4.69, 9.17) is 0 Å². The van der Waals surface area contributed by atoms with Gasteiger partial charge >= 0.3 is 0 Å². The van der Waals surface area contributed by atoms with Crippen LogP contribution in [-0.4, -0.2) is 25.6 Å². The molecule has 1 rings (SSSR count). The number of benzene rings is 1. The molecular formula is C14H22BrNS. The molecule has 1 N–H and O–H groups in total. The fourth-order valence-corrected chi connectivity index (χ4v) is 2.98. The van der Waals surface area contributed by atoms with Crippen molar-refractivity contribution < 1.29 is 0 Å². The summed E-state index contributed by atoms with van der Waals surface area (Å²) in [4.78, 5) is 0. The molecular weight excluding hydrogens is 294 g/mol. The third-order valence-corrected chi connectivity index (χ3v) is 4.06. The average molecular weight is 316 g/mol. The van der Waals surface area contributed by atoms with Crippen LogP contribution in [0, 0.1) is 5.92 Å². The molecule has 17 heavy (non-hydrogen) atoms. The summed E-state index contributed by atoms with van der Waals surface area (Å²) in [7, 11) is 2.04.